The van der Waals surface area contributed by atoms with Crippen molar-refractivity contribution in [1.29, 1.82) is 5.26 Å². The number of nitriles is 1. The van der Waals surface area contributed by atoms with Crippen LogP contribution >= 0.6 is 0 Å². The number of benzene rings is 1. The quantitative estimate of drug-likeness (QED) is 0.931. The highest BCUT2D eigenvalue weighted by Gasteiger charge is 2.21. The molecule has 2 atom stereocenters. The summed E-state index contributed by atoms with van der Waals surface area (Å²) in [6, 6.07) is 11.0. The Morgan fingerprint density at radius 1 is 1.32 bits per heavy atom. The third-order valence-corrected chi connectivity index (χ3v) is 4.28. The second-order valence-electron chi connectivity index (χ2n) is 6.08. The van der Waals surface area contributed by atoms with E-state index in [4.69, 9.17) is 9.68 Å². The van der Waals surface area contributed by atoms with Crippen LogP contribution in [0.15, 0.2) is 34.9 Å². The van der Waals surface area contributed by atoms with Crippen LogP contribution in [-0.2, 0) is 6.54 Å². The molecule has 114 valence electrons. The van der Waals surface area contributed by atoms with Gasteiger partial charge < -0.3 is 9.73 Å². The standard InChI is InChI=1S/C18H21N3O/c1-13-5-7-15(8-6-13)18-21-17(12-22-18)11-20-16-4-2-3-14(9-16)10-19/h5-8,12,14,16,20H,2-4,9,11H2,1H3. The van der Waals surface area contributed by atoms with Gasteiger partial charge in [-0.3, -0.25) is 0 Å². The zero-order chi connectivity index (χ0) is 15.4. The van der Waals surface area contributed by atoms with E-state index in [1.165, 1.54) is 5.56 Å². The predicted octanol–water partition coefficient (Wildman–Crippen LogP) is 3.82. The maximum Gasteiger partial charge on any atom is 0.226 e. The largest absolute Gasteiger partial charge is 0.444 e. The zero-order valence-corrected chi connectivity index (χ0v) is 12.9. The van der Waals surface area contributed by atoms with E-state index in [1.54, 1.807) is 6.26 Å². The molecule has 0 aliphatic heterocycles. The van der Waals surface area contributed by atoms with Crippen LogP contribution in [0.4, 0.5) is 0 Å². The first kappa shape index (κ1) is 14.8. The molecule has 3 rings (SSSR count). The summed E-state index contributed by atoms with van der Waals surface area (Å²) in [5.74, 6) is 0.863. The fraction of sp³-hybridized carbons (Fsp3) is 0.444. The average Bonchev–Trinajstić information content (AvgIpc) is 3.03. The summed E-state index contributed by atoms with van der Waals surface area (Å²) in [6.07, 6.45) is 5.96. The van der Waals surface area contributed by atoms with Crippen LogP contribution in [0.1, 0.15) is 36.9 Å². The molecule has 1 fully saturated rings. The second kappa shape index (κ2) is 6.76. The first-order chi connectivity index (χ1) is 10.7. The lowest BCUT2D eigenvalue weighted by atomic mass is 9.87. The van der Waals surface area contributed by atoms with Crippen molar-refractivity contribution in [2.24, 2.45) is 5.92 Å². The number of rotatable bonds is 4. The second-order valence-corrected chi connectivity index (χ2v) is 6.08. The average molecular weight is 295 g/mol. The molecule has 1 aromatic carbocycles. The Labute approximate surface area is 131 Å². The molecule has 1 aliphatic carbocycles. The normalized spacial score (nSPS) is 21.5. The van der Waals surface area contributed by atoms with Crippen molar-refractivity contribution in [2.75, 3.05) is 0 Å². The van der Waals surface area contributed by atoms with Gasteiger partial charge in [0.25, 0.3) is 0 Å². The summed E-state index contributed by atoms with van der Waals surface area (Å²) in [4.78, 5) is 4.54. The Morgan fingerprint density at radius 2 is 2.14 bits per heavy atom. The lowest BCUT2D eigenvalue weighted by Crippen LogP contribution is -2.33. The highest BCUT2D eigenvalue weighted by Crippen LogP contribution is 2.24. The molecule has 1 heterocycles. The third-order valence-electron chi connectivity index (χ3n) is 4.28. The molecule has 1 aliphatic rings. The van der Waals surface area contributed by atoms with Gasteiger partial charge in [0.2, 0.25) is 5.89 Å². The maximum absolute atomic E-state index is 9.04. The molecule has 22 heavy (non-hydrogen) atoms. The smallest absolute Gasteiger partial charge is 0.226 e. The molecule has 4 nitrogen and oxygen atoms in total. The number of nitrogens with one attached hydrogen (secondary N) is 1. The van der Waals surface area contributed by atoms with Crippen LogP contribution in [0.3, 0.4) is 0 Å². The van der Waals surface area contributed by atoms with Gasteiger partial charge in [0.05, 0.1) is 11.8 Å². The summed E-state index contributed by atoms with van der Waals surface area (Å²) < 4.78 is 5.57. The number of oxazole rings is 1. The number of hydrogen-bond donors (Lipinski definition) is 1. The van der Waals surface area contributed by atoms with E-state index in [0.717, 1.165) is 36.9 Å². The van der Waals surface area contributed by atoms with Crippen molar-refractivity contribution in [1.82, 2.24) is 10.3 Å². The van der Waals surface area contributed by atoms with E-state index in [-0.39, 0.29) is 5.92 Å². The van der Waals surface area contributed by atoms with Crippen molar-refractivity contribution >= 4 is 0 Å². The summed E-state index contributed by atoms with van der Waals surface area (Å²) in [7, 11) is 0. The molecule has 0 radical (unpaired) electrons. The van der Waals surface area contributed by atoms with Gasteiger partial charge >= 0.3 is 0 Å². The fourth-order valence-corrected chi connectivity index (χ4v) is 2.96. The molecule has 0 saturated heterocycles. The first-order valence-corrected chi connectivity index (χ1v) is 7.89. The van der Waals surface area contributed by atoms with Gasteiger partial charge in [-0.2, -0.15) is 5.26 Å². The Hall–Kier alpha value is -2.12. The van der Waals surface area contributed by atoms with Crippen LogP contribution in [0.5, 0.6) is 0 Å². The summed E-state index contributed by atoms with van der Waals surface area (Å²) >= 11 is 0. The molecule has 0 spiro atoms. The van der Waals surface area contributed by atoms with Crippen LogP contribution in [0.2, 0.25) is 0 Å². The zero-order valence-electron chi connectivity index (χ0n) is 12.9. The van der Waals surface area contributed by atoms with Crippen LogP contribution in [0, 0.1) is 24.2 Å². The highest BCUT2D eigenvalue weighted by atomic mass is 16.3. The molecule has 0 amide bonds. The SMILES string of the molecule is Cc1ccc(-c2nc(CNC3CCCC(C#N)C3)co2)cc1. The van der Waals surface area contributed by atoms with E-state index in [2.05, 4.69) is 35.4 Å². The van der Waals surface area contributed by atoms with Gasteiger partial charge in [-0.15, -0.1) is 0 Å². The third kappa shape index (κ3) is 3.55. The molecular weight excluding hydrogens is 274 g/mol. The predicted molar refractivity (Wildman–Crippen MR) is 84.9 cm³/mol. The molecule has 2 unspecified atom stereocenters. The Balaban J connectivity index is 1.58. The van der Waals surface area contributed by atoms with Crippen LogP contribution < -0.4 is 5.32 Å². The fourth-order valence-electron chi connectivity index (χ4n) is 2.96. The molecule has 0 bridgehead atoms. The lowest BCUT2D eigenvalue weighted by Gasteiger charge is -2.25. The van der Waals surface area contributed by atoms with E-state index in [1.807, 2.05) is 12.1 Å². The summed E-state index contributed by atoms with van der Waals surface area (Å²) in [5.41, 5.74) is 3.13. The molecule has 1 aromatic heterocycles. The Bertz CT molecular complexity index is 654. The number of hydrogen-bond acceptors (Lipinski definition) is 4. The van der Waals surface area contributed by atoms with Gasteiger partial charge in [-0.05, 0) is 38.3 Å². The first-order valence-electron chi connectivity index (χ1n) is 7.89. The maximum atomic E-state index is 9.04. The van der Waals surface area contributed by atoms with Crippen LogP contribution in [0.25, 0.3) is 11.5 Å². The Morgan fingerprint density at radius 3 is 2.91 bits per heavy atom. The van der Waals surface area contributed by atoms with E-state index < -0.39 is 0 Å². The van der Waals surface area contributed by atoms with Crippen molar-refractivity contribution in [3.05, 3.63) is 41.8 Å². The lowest BCUT2D eigenvalue weighted by molar-refractivity contribution is 0.325. The Kier molecular flexibility index (Phi) is 4.55. The van der Waals surface area contributed by atoms with E-state index in [9.17, 15) is 0 Å². The summed E-state index contributed by atoms with van der Waals surface area (Å²) in [5, 5.41) is 12.5. The molecule has 2 aromatic rings. The minimum atomic E-state index is 0.201. The van der Waals surface area contributed by atoms with Crippen molar-refractivity contribution < 1.29 is 4.42 Å². The van der Waals surface area contributed by atoms with Crippen LogP contribution in [-0.4, -0.2) is 11.0 Å². The van der Waals surface area contributed by atoms with Gasteiger partial charge in [0, 0.05) is 24.1 Å². The van der Waals surface area contributed by atoms with Gasteiger partial charge in [-0.25, -0.2) is 4.98 Å². The monoisotopic (exact) mass is 295 g/mol. The highest BCUT2D eigenvalue weighted by molar-refractivity contribution is 5.53. The van der Waals surface area contributed by atoms with Gasteiger partial charge in [-0.1, -0.05) is 24.1 Å². The number of aryl methyl sites for hydroxylation is 1. The molecular formula is C18H21N3O. The number of aromatic nitrogens is 1. The minimum Gasteiger partial charge on any atom is -0.444 e. The minimum absolute atomic E-state index is 0.201. The van der Waals surface area contributed by atoms with E-state index in [0.29, 0.717) is 18.5 Å². The van der Waals surface area contributed by atoms with Gasteiger partial charge in [0.15, 0.2) is 0 Å². The van der Waals surface area contributed by atoms with Gasteiger partial charge in [0.1, 0.15) is 6.26 Å². The summed E-state index contributed by atoms with van der Waals surface area (Å²) in [6.45, 7) is 2.76. The molecule has 1 saturated carbocycles. The van der Waals surface area contributed by atoms with E-state index >= 15 is 0 Å². The van der Waals surface area contributed by atoms with Crippen molar-refractivity contribution in [3.8, 4) is 17.5 Å². The number of nitrogens with zero attached hydrogens (tertiary/aromatic N) is 2. The molecule has 4 heteroatoms. The topological polar surface area (TPSA) is 61.9 Å². The van der Waals surface area contributed by atoms with Crippen molar-refractivity contribution in [3.63, 3.8) is 0 Å². The molecule has 1 N–H and O–H groups in total. The van der Waals surface area contributed by atoms with Crippen molar-refractivity contribution in [2.45, 2.75) is 45.2 Å².